The van der Waals surface area contributed by atoms with Crippen LogP contribution in [0.3, 0.4) is 0 Å². The van der Waals surface area contributed by atoms with E-state index < -0.39 is 0 Å². The molecule has 2 rings (SSSR count). The number of halogens is 2. The van der Waals surface area contributed by atoms with Crippen molar-refractivity contribution in [2.45, 2.75) is 6.54 Å². The number of rotatable bonds is 4. The summed E-state index contributed by atoms with van der Waals surface area (Å²) >= 11 is 10.6. The fourth-order valence-corrected chi connectivity index (χ4v) is 1.86. The maximum Gasteiger partial charge on any atom is 0.146 e. The topological polar surface area (TPSA) is 38.0 Å². The number of nitrogens with two attached hydrogens (primary N) is 1. The van der Waals surface area contributed by atoms with Crippen LogP contribution in [0.15, 0.2) is 42.5 Å². The molecule has 0 aliphatic rings. The lowest BCUT2D eigenvalue weighted by Gasteiger charge is -2.09. The molecule has 0 saturated carbocycles. The Bertz CT molecular complexity index is 599. The Morgan fingerprint density at radius 3 is 2.47 bits per heavy atom. The molecule has 0 atom stereocenters. The summed E-state index contributed by atoms with van der Waals surface area (Å²) in [7, 11) is 0. The van der Waals surface area contributed by atoms with Gasteiger partial charge in [-0.05, 0) is 35.9 Å². The largest absolute Gasteiger partial charge is 0.389 e. The third kappa shape index (κ3) is 3.66. The average molecular weight is 295 g/mol. The second-order valence-corrected chi connectivity index (χ2v) is 4.92. The third-order valence-electron chi connectivity index (χ3n) is 2.65. The predicted molar refractivity (Wildman–Crippen MR) is 81.1 cm³/mol. The van der Waals surface area contributed by atoms with Gasteiger partial charge >= 0.3 is 0 Å². The first-order chi connectivity index (χ1) is 9.06. The Hall–Kier alpha value is -1.65. The van der Waals surface area contributed by atoms with Crippen molar-refractivity contribution in [2.24, 2.45) is 5.73 Å². The van der Waals surface area contributed by atoms with Crippen molar-refractivity contribution in [3.63, 3.8) is 0 Å². The van der Waals surface area contributed by atoms with Crippen molar-refractivity contribution in [1.29, 1.82) is 0 Å². The zero-order valence-electron chi connectivity index (χ0n) is 9.99. The van der Waals surface area contributed by atoms with Crippen LogP contribution in [-0.2, 0) is 6.54 Å². The van der Waals surface area contributed by atoms with E-state index in [9.17, 15) is 4.39 Å². The number of hydrogen-bond donors (Lipinski definition) is 2. The number of nitrogens with one attached hydrogen (secondary N) is 1. The lowest BCUT2D eigenvalue weighted by molar-refractivity contribution is 0.630. The number of benzene rings is 2. The van der Waals surface area contributed by atoms with E-state index >= 15 is 0 Å². The molecular formula is C14H12ClFN2S. The van der Waals surface area contributed by atoms with E-state index in [1.54, 1.807) is 24.3 Å². The molecule has 2 nitrogen and oxygen atoms in total. The molecule has 0 unspecified atom stereocenters. The summed E-state index contributed by atoms with van der Waals surface area (Å²) in [5.41, 5.74) is 7.39. The van der Waals surface area contributed by atoms with Gasteiger partial charge in [-0.1, -0.05) is 36.0 Å². The molecule has 2 aromatic carbocycles. The van der Waals surface area contributed by atoms with Crippen molar-refractivity contribution < 1.29 is 4.39 Å². The number of hydrogen-bond acceptors (Lipinski definition) is 2. The fraction of sp³-hybridized carbons (Fsp3) is 0.0714. The highest BCUT2D eigenvalue weighted by Gasteiger charge is 2.05. The maximum absolute atomic E-state index is 13.8. The van der Waals surface area contributed by atoms with Gasteiger partial charge in [0.15, 0.2) is 0 Å². The van der Waals surface area contributed by atoms with Crippen LogP contribution in [0.1, 0.15) is 11.1 Å². The molecule has 0 amide bonds. The smallest absolute Gasteiger partial charge is 0.146 e. The second-order valence-electron chi connectivity index (χ2n) is 4.04. The fourth-order valence-electron chi connectivity index (χ4n) is 1.61. The Morgan fingerprint density at radius 1 is 1.21 bits per heavy atom. The van der Waals surface area contributed by atoms with E-state index in [-0.39, 0.29) is 10.8 Å². The Kier molecular flexibility index (Phi) is 4.35. The molecule has 5 heteroatoms. The molecule has 0 aromatic heterocycles. The van der Waals surface area contributed by atoms with Gasteiger partial charge in [-0.25, -0.2) is 4.39 Å². The van der Waals surface area contributed by atoms with Crippen molar-refractivity contribution in [2.75, 3.05) is 5.32 Å². The summed E-state index contributed by atoms with van der Waals surface area (Å²) in [5, 5.41) is 3.69. The van der Waals surface area contributed by atoms with Crippen LogP contribution >= 0.6 is 23.8 Å². The lowest BCUT2D eigenvalue weighted by Crippen LogP contribution is -2.10. The highest BCUT2D eigenvalue weighted by molar-refractivity contribution is 7.80. The summed E-state index contributed by atoms with van der Waals surface area (Å²) in [5.74, 6) is -0.376. The first kappa shape index (κ1) is 13.8. The molecule has 0 aliphatic carbocycles. The summed E-state index contributed by atoms with van der Waals surface area (Å²) in [6.07, 6.45) is 0. The first-order valence-corrected chi connectivity index (χ1v) is 6.42. The van der Waals surface area contributed by atoms with Crippen LogP contribution in [0, 0.1) is 5.82 Å². The Morgan fingerprint density at radius 2 is 1.89 bits per heavy atom. The zero-order chi connectivity index (χ0) is 13.8. The number of thiocarbonyl (C=S) groups is 1. The summed E-state index contributed by atoms with van der Waals surface area (Å²) in [6, 6.07) is 12.0. The van der Waals surface area contributed by atoms with Gasteiger partial charge < -0.3 is 11.1 Å². The van der Waals surface area contributed by atoms with Gasteiger partial charge in [-0.15, -0.1) is 0 Å². The minimum atomic E-state index is -0.376. The van der Waals surface area contributed by atoms with E-state index in [2.05, 4.69) is 5.32 Å². The second kappa shape index (κ2) is 5.99. The molecule has 0 heterocycles. The molecule has 0 radical (unpaired) electrons. The SMILES string of the molecule is NC(=S)c1ccc(NCc2ccc(Cl)cc2)c(F)c1. The van der Waals surface area contributed by atoms with Gasteiger partial charge in [0.1, 0.15) is 10.8 Å². The van der Waals surface area contributed by atoms with Gasteiger partial charge in [-0.2, -0.15) is 0 Å². The minimum absolute atomic E-state index is 0.183. The van der Waals surface area contributed by atoms with Gasteiger partial charge in [-0.3, -0.25) is 0 Å². The maximum atomic E-state index is 13.8. The Labute approximate surface area is 121 Å². The summed E-state index contributed by atoms with van der Waals surface area (Å²) in [4.78, 5) is 0.183. The zero-order valence-corrected chi connectivity index (χ0v) is 11.6. The third-order valence-corrected chi connectivity index (χ3v) is 3.14. The molecule has 0 bridgehead atoms. The molecule has 98 valence electrons. The van der Waals surface area contributed by atoms with Crippen LogP contribution < -0.4 is 11.1 Å². The molecular weight excluding hydrogens is 283 g/mol. The van der Waals surface area contributed by atoms with Crippen LogP contribution in [-0.4, -0.2) is 4.99 Å². The van der Waals surface area contributed by atoms with Crippen molar-refractivity contribution in [1.82, 2.24) is 0 Å². The van der Waals surface area contributed by atoms with E-state index in [1.807, 2.05) is 12.1 Å². The van der Waals surface area contributed by atoms with Crippen molar-refractivity contribution >= 4 is 34.5 Å². The van der Waals surface area contributed by atoms with E-state index in [4.69, 9.17) is 29.6 Å². The van der Waals surface area contributed by atoms with E-state index in [0.717, 1.165) is 5.56 Å². The molecule has 0 spiro atoms. The minimum Gasteiger partial charge on any atom is -0.389 e. The normalized spacial score (nSPS) is 10.2. The van der Waals surface area contributed by atoms with Crippen LogP contribution in [0.2, 0.25) is 5.02 Å². The van der Waals surface area contributed by atoms with E-state index in [1.165, 1.54) is 6.07 Å². The molecule has 0 fully saturated rings. The summed E-state index contributed by atoms with van der Waals surface area (Å²) in [6.45, 7) is 0.514. The van der Waals surface area contributed by atoms with Crippen molar-refractivity contribution in [3.05, 3.63) is 64.4 Å². The van der Waals surface area contributed by atoms with Crippen LogP contribution in [0.4, 0.5) is 10.1 Å². The van der Waals surface area contributed by atoms with Crippen molar-refractivity contribution in [3.8, 4) is 0 Å². The van der Waals surface area contributed by atoms with Gasteiger partial charge in [0.2, 0.25) is 0 Å². The lowest BCUT2D eigenvalue weighted by atomic mass is 10.2. The monoisotopic (exact) mass is 294 g/mol. The molecule has 3 N–H and O–H groups in total. The standard InChI is InChI=1S/C14H12ClFN2S/c15-11-4-1-9(2-5-11)8-18-13-6-3-10(14(17)19)7-12(13)16/h1-7,18H,8H2,(H2,17,19). The van der Waals surface area contributed by atoms with Crippen LogP contribution in [0.5, 0.6) is 0 Å². The molecule has 2 aromatic rings. The molecule has 0 saturated heterocycles. The predicted octanol–water partition coefficient (Wildman–Crippen LogP) is 3.73. The highest BCUT2D eigenvalue weighted by atomic mass is 35.5. The number of anilines is 1. The molecule has 0 aliphatic heterocycles. The van der Waals surface area contributed by atoms with Crippen LogP contribution in [0.25, 0.3) is 0 Å². The summed E-state index contributed by atoms with van der Waals surface area (Å²) < 4.78 is 13.8. The highest BCUT2D eigenvalue weighted by Crippen LogP contribution is 2.17. The quantitative estimate of drug-likeness (QED) is 0.844. The Balaban J connectivity index is 2.07. The first-order valence-electron chi connectivity index (χ1n) is 5.64. The average Bonchev–Trinajstić information content (AvgIpc) is 2.39. The van der Waals surface area contributed by atoms with Gasteiger partial charge in [0, 0.05) is 17.1 Å². The molecule has 19 heavy (non-hydrogen) atoms. The van der Waals surface area contributed by atoms with E-state index in [0.29, 0.717) is 22.8 Å². The van der Waals surface area contributed by atoms with Gasteiger partial charge in [0.05, 0.1) is 5.69 Å². The van der Waals surface area contributed by atoms with Gasteiger partial charge in [0.25, 0.3) is 0 Å².